The van der Waals surface area contributed by atoms with Gasteiger partial charge in [0.25, 0.3) is 5.91 Å². The highest BCUT2D eigenvalue weighted by atomic mass is 35.5. The Balaban J connectivity index is 1.49. The maximum absolute atomic E-state index is 13.4. The Morgan fingerprint density at radius 3 is 2.54 bits per heavy atom. The molecule has 1 N–H and O–H groups in total. The molecule has 8 nitrogen and oxygen atoms in total. The van der Waals surface area contributed by atoms with Crippen molar-refractivity contribution in [1.82, 2.24) is 20.1 Å². The summed E-state index contributed by atoms with van der Waals surface area (Å²) in [5, 5.41) is 3.46. The van der Waals surface area contributed by atoms with Crippen LogP contribution in [0.2, 0.25) is 5.02 Å². The number of benzene rings is 2. The SMILES string of the molecule is Cc1cc(Cl)ccc1Oc1ncccc1C(=O)NC(COCc1ccccc1)C(=O)N1CCN(C)CC1. The van der Waals surface area contributed by atoms with Crippen LogP contribution in [-0.2, 0) is 16.1 Å². The maximum Gasteiger partial charge on any atom is 0.257 e. The van der Waals surface area contributed by atoms with Crippen molar-refractivity contribution in [3.63, 3.8) is 0 Å². The van der Waals surface area contributed by atoms with Crippen molar-refractivity contribution < 1.29 is 19.1 Å². The number of carbonyl (C=O) groups excluding carboxylic acids is 2. The third-order valence-corrected chi connectivity index (χ3v) is 6.41. The van der Waals surface area contributed by atoms with Gasteiger partial charge in [0, 0.05) is 37.4 Å². The summed E-state index contributed by atoms with van der Waals surface area (Å²) < 4.78 is 11.8. The molecule has 0 radical (unpaired) electrons. The number of aryl methyl sites for hydroxylation is 1. The molecule has 1 aliphatic rings. The number of rotatable bonds is 9. The molecule has 1 aromatic heterocycles. The molecule has 4 rings (SSSR count). The summed E-state index contributed by atoms with van der Waals surface area (Å²) in [4.78, 5) is 35.0. The number of aromatic nitrogens is 1. The van der Waals surface area contributed by atoms with E-state index in [1.54, 1.807) is 41.4 Å². The van der Waals surface area contributed by atoms with Crippen molar-refractivity contribution in [1.29, 1.82) is 0 Å². The van der Waals surface area contributed by atoms with Gasteiger partial charge in [-0.3, -0.25) is 9.59 Å². The van der Waals surface area contributed by atoms with Crippen molar-refractivity contribution in [3.8, 4) is 11.6 Å². The van der Waals surface area contributed by atoms with Gasteiger partial charge >= 0.3 is 0 Å². The van der Waals surface area contributed by atoms with Gasteiger partial charge in [0.1, 0.15) is 17.4 Å². The van der Waals surface area contributed by atoms with Crippen LogP contribution < -0.4 is 10.1 Å². The predicted molar refractivity (Wildman–Crippen MR) is 142 cm³/mol. The van der Waals surface area contributed by atoms with E-state index in [0.29, 0.717) is 30.5 Å². The number of amides is 2. The minimum absolute atomic E-state index is 0.0402. The van der Waals surface area contributed by atoms with Crippen LogP contribution in [0.1, 0.15) is 21.5 Å². The molecule has 0 spiro atoms. The molecule has 2 amide bonds. The molecule has 0 aliphatic carbocycles. The molecule has 2 aromatic carbocycles. The molecule has 194 valence electrons. The topological polar surface area (TPSA) is 84.0 Å². The fourth-order valence-corrected chi connectivity index (χ4v) is 4.23. The zero-order valence-electron chi connectivity index (χ0n) is 21.0. The van der Waals surface area contributed by atoms with E-state index in [-0.39, 0.29) is 24.0 Å². The predicted octanol–water partition coefficient (Wildman–Crippen LogP) is 3.92. The molecule has 0 bridgehead atoms. The first-order valence-corrected chi connectivity index (χ1v) is 12.6. The normalized spacial score (nSPS) is 14.7. The lowest BCUT2D eigenvalue weighted by Crippen LogP contribution is -2.55. The minimum Gasteiger partial charge on any atom is -0.438 e. The summed E-state index contributed by atoms with van der Waals surface area (Å²) in [6, 6.07) is 17.3. The summed E-state index contributed by atoms with van der Waals surface area (Å²) in [6.07, 6.45) is 1.55. The standard InChI is InChI=1S/C28H31ClN4O4/c1-20-17-22(29)10-11-25(20)37-27-23(9-6-12-30-27)26(34)31-24(19-36-18-21-7-4-3-5-8-21)28(35)33-15-13-32(2)14-16-33/h3-12,17,24H,13-16,18-19H2,1-2H3,(H,31,34). The third-order valence-electron chi connectivity index (χ3n) is 6.17. The number of carbonyl (C=O) groups is 2. The highest BCUT2D eigenvalue weighted by molar-refractivity contribution is 6.30. The van der Waals surface area contributed by atoms with Crippen LogP contribution in [0.3, 0.4) is 0 Å². The average molecular weight is 523 g/mol. The number of hydrogen-bond donors (Lipinski definition) is 1. The van der Waals surface area contributed by atoms with Gasteiger partial charge in [-0.1, -0.05) is 41.9 Å². The summed E-state index contributed by atoms with van der Waals surface area (Å²) in [6.45, 7) is 4.98. The van der Waals surface area contributed by atoms with E-state index >= 15 is 0 Å². The summed E-state index contributed by atoms with van der Waals surface area (Å²) in [5.74, 6) is 0.0368. The van der Waals surface area contributed by atoms with E-state index in [9.17, 15) is 9.59 Å². The molecular formula is C28H31ClN4O4. The molecular weight excluding hydrogens is 492 g/mol. The Hall–Kier alpha value is -3.46. The van der Waals surface area contributed by atoms with E-state index < -0.39 is 11.9 Å². The Morgan fingerprint density at radius 1 is 1.05 bits per heavy atom. The number of pyridine rings is 1. The minimum atomic E-state index is -0.857. The van der Waals surface area contributed by atoms with Gasteiger partial charge < -0.3 is 24.6 Å². The van der Waals surface area contributed by atoms with Crippen LogP contribution in [0.25, 0.3) is 0 Å². The molecule has 1 atom stereocenters. The summed E-state index contributed by atoms with van der Waals surface area (Å²) in [7, 11) is 2.02. The second-order valence-electron chi connectivity index (χ2n) is 9.02. The van der Waals surface area contributed by atoms with Gasteiger partial charge in [-0.15, -0.1) is 0 Å². The van der Waals surface area contributed by atoms with Crippen LogP contribution in [0.5, 0.6) is 11.6 Å². The van der Waals surface area contributed by atoms with Gasteiger partial charge in [-0.2, -0.15) is 0 Å². The molecule has 0 saturated carbocycles. The van der Waals surface area contributed by atoms with Gasteiger partial charge in [0.05, 0.1) is 13.2 Å². The summed E-state index contributed by atoms with van der Waals surface area (Å²) >= 11 is 6.06. The van der Waals surface area contributed by atoms with Gasteiger partial charge in [-0.05, 0) is 55.4 Å². The molecule has 2 heterocycles. The first-order valence-electron chi connectivity index (χ1n) is 12.2. The van der Waals surface area contributed by atoms with E-state index in [2.05, 4.69) is 15.2 Å². The number of piperazine rings is 1. The van der Waals surface area contributed by atoms with E-state index in [4.69, 9.17) is 21.1 Å². The fraction of sp³-hybridized carbons (Fsp3) is 0.321. The number of halogens is 1. The number of nitrogens with zero attached hydrogens (tertiary/aromatic N) is 3. The quantitative estimate of drug-likeness (QED) is 0.458. The lowest BCUT2D eigenvalue weighted by Gasteiger charge is -2.34. The fourth-order valence-electron chi connectivity index (χ4n) is 4.00. The van der Waals surface area contributed by atoms with Crippen molar-refractivity contribution >= 4 is 23.4 Å². The number of nitrogens with one attached hydrogen (secondary N) is 1. The molecule has 9 heteroatoms. The highest BCUT2D eigenvalue weighted by Crippen LogP contribution is 2.28. The molecule has 1 unspecified atom stereocenters. The Kier molecular flexibility index (Phi) is 9.11. The van der Waals surface area contributed by atoms with Crippen LogP contribution in [0.4, 0.5) is 0 Å². The molecule has 1 fully saturated rings. The second kappa shape index (κ2) is 12.7. The zero-order chi connectivity index (χ0) is 26.2. The second-order valence-corrected chi connectivity index (χ2v) is 9.46. The Labute approximate surface area is 222 Å². The van der Waals surface area contributed by atoms with E-state index in [1.807, 2.05) is 44.3 Å². The van der Waals surface area contributed by atoms with Gasteiger partial charge in [0.15, 0.2) is 0 Å². The Bertz CT molecular complexity index is 1220. The van der Waals surface area contributed by atoms with Crippen molar-refractivity contribution in [3.05, 3.63) is 88.6 Å². The van der Waals surface area contributed by atoms with E-state index in [0.717, 1.165) is 24.2 Å². The lowest BCUT2D eigenvalue weighted by molar-refractivity contribution is -0.136. The molecule has 3 aromatic rings. The molecule has 1 saturated heterocycles. The van der Waals surface area contributed by atoms with Crippen LogP contribution in [0.15, 0.2) is 66.9 Å². The first kappa shape index (κ1) is 26.6. The molecule has 1 aliphatic heterocycles. The Morgan fingerprint density at radius 2 is 1.81 bits per heavy atom. The maximum atomic E-state index is 13.4. The monoisotopic (exact) mass is 522 g/mol. The van der Waals surface area contributed by atoms with E-state index in [1.165, 1.54) is 0 Å². The highest BCUT2D eigenvalue weighted by Gasteiger charge is 2.29. The molecule has 37 heavy (non-hydrogen) atoms. The van der Waals surface area contributed by atoms with Gasteiger partial charge in [-0.25, -0.2) is 4.98 Å². The van der Waals surface area contributed by atoms with Crippen LogP contribution >= 0.6 is 11.6 Å². The lowest BCUT2D eigenvalue weighted by atomic mass is 10.2. The summed E-state index contributed by atoms with van der Waals surface area (Å²) in [5.41, 5.74) is 2.01. The zero-order valence-corrected chi connectivity index (χ0v) is 21.8. The van der Waals surface area contributed by atoms with Crippen molar-refractivity contribution in [2.24, 2.45) is 0 Å². The van der Waals surface area contributed by atoms with Crippen molar-refractivity contribution in [2.75, 3.05) is 39.8 Å². The van der Waals surface area contributed by atoms with Gasteiger partial charge in [0.2, 0.25) is 11.8 Å². The first-order chi connectivity index (χ1) is 17.9. The van der Waals surface area contributed by atoms with Crippen LogP contribution in [0, 0.1) is 6.92 Å². The third kappa shape index (κ3) is 7.29. The number of hydrogen-bond acceptors (Lipinski definition) is 6. The number of ether oxygens (including phenoxy) is 2. The largest absolute Gasteiger partial charge is 0.438 e. The number of likely N-dealkylation sites (N-methyl/N-ethyl adjacent to an activating group) is 1. The van der Waals surface area contributed by atoms with Crippen LogP contribution in [-0.4, -0.2) is 72.5 Å². The van der Waals surface area contributed by atoms with Crippen molar-refractivity contribution in [2.45, 2.75) is 19.6 Å². The smallest absolute Gasteiger partial charge is 0.257 e. The average Bonchev–Trinajstić information content (AvgIpc) is 2.90.